The molecule has 2 atom stereocenters. The summed E-state index contributed by atoms with van der Waals surface area (Å²) in [6.45, 7) is 11.0. The molecule has 0 bridgehead atoms. The molecule has 0 aliphatic carbocycles. The van der Waals surface area contributed by atoms with Crippen molar-refractivity contribution in [3.63, 3.8) is 0 Å². The Morgan fingerprint density at radius 3 is 2.47 bits per heavy atom. The Hall–Kier alpha value is -0.340. The van der Waals surface area contributed by atoms with Crippen LogP contribution in [0.3, 0.4) is 0 Å². The van der Waals surface area contributed by atoms with Crippen LogP contribution in [0, 0.1) is 5.92 Å². The quantitative estimate of drug-likeness (QED) is 0.469. The monoisotopic (exact) mass is 213 g/mol. The normalized spacial score (nSPS) is 15.3. The maximum Gasteiger partial charge on any atom is 0.0750 e. The van der Waals surface area contributed by atoms with Gasteiger partial charge in [-0.2, -0.15) is 0 Å². The van der Waals surface area contributed by atoms with Gasteiger partial charge in [-0.1, -0.05) is 19.9 Å². The van der Waals surface area contributed by atoms with Crippen molar-refractivity contribution in [1.29, 1.82) is 0 Å². The van der Waals surface area contributed by atoms with Crippen LogP contribution in [0.25, 0.3) is 0 Å². The van der Waals surface area contributed by atoms with Crippen LogP contribution < -0.4 is 5.32 Å². The highest BCUT2D eigenvalue weighted by atomic mass is 16.5. The van der Waals surface area contributed by atoms with Gasteiger partial charge in [0.15, 0.2) is 0 Å². The van der Waals surface area contributed by atoms with E-state index in [-0.39, 0.29) is 0 Å². The number of likely N-dealkylation sites (N-methyl/N-ethyl adjacent to an activating group) is 1. The summed E-state index contributed by atoms with van der Waals surface area (Å²) in [5.41, 5.74) is 0. The molecule has 1 N–H and O–H groups in total. The second kappa shape index (κ2) is 8.93. The Morgan fingerprint density at radius 1 is 1.40 bits per heavy atom. The Kier molecular flexibility index (Phi) is 8.73. The van der Waals surface area contributed by atoms with Gasteiger partial charge >= 0.3 is 0 Å². The Bertz CT molecular complexity index is 157. The first-order valence-electron chi connectivity index (χ1n) is 6.07. The van der Waals surface area contributed by atoms with Crippen LogP contribution in [0.15, 0.2) is 12.7 Å². The predicted octanol–water partition coefficient (Wildman–Crippen LogP) is 2.99. The van der Waals surface area contributed by atoms with Gasteiger partial charge in [-0.3, -0.25) is 0 Å². The van der Waals surface area contributed by atoms with Gasteiger partial charge in [-0.05, 0) is 39.2 Å². The standard InChI is InChI=1S/C13H27NO/c1-6-8-9-10-12(14-5)13(11(3)4)15-7-2/h6,11-14H,1,7-10H2,2-5H3. The van der Waals surface area contributed by atoms with Gasteiger partial charge in [-0.15, -0.1) is 6.58 Å². The Labute approximate surface area is 95.1 Å². The van der Waals surface area contributed by atoms with Crippen molar-refractivity contribution in [1.82, 2.24) is 5.32 Å². The van der Waals surface area contributed by atoms with E-state index in [1.807, 2.05) is 13.1 Å². The van der Waals surface area contributed by atoms with Gasteiger partial charge in [0.05, 0.1) is 6.10 Å². The average molecular weight is 213 g/mol. The van der Waals surface area contributed by atoms with E-state index in [0.717, 1.165) is 19.4 Å². The summed E-state index contributed by atoms with van der Waals surface area (Å²) >= 11 is 0. The van der Waals surface area contributed by atoms with E-state index in [1.165, 1.54) is 6.42 Å². The van der Waals surface area contributed by atoms with E-state index in [1.54, 1.807) is 0 Å². The topological polar surface area (TPSA) is 21.3 Å². The lowest BCUT2D eigenvalue weighted by Gasteiger charge is -2.29. The molecule has 0 heterocycles. The molecule has 0 saturated heterocycles. The fourth-order valence-electron chi connectivity index (χ4n) is 1.92. The molecule has 0 radical (unpaired) electrons. The second-order valence-corrected chi connectivity index (χ2v) is 4.28. The molecule has 0 aromatic carbocycles. The van der Waals surface area contributed by atoms with E-state index in [9.17, 15) is 0 Å². The molecular formula is C13H27NO. The number of hydrogen-bond donors (Lipinski definition) is 1. The number of ether oxygens (including phenoxy) is 1. The fourth-order valence-corrected chi connectivity index (χ4v) is 1.92. The molecule has 0 aliphatic heterocycles. The van der Waals surface area contributed by atoms with Crippen LogP contribution in [0.1, 0.15) is 40.0 Å². The Balaban J connectivity index is 4.11. The lowest BCUT2D eigenvalue weighted by atomic mass is 9.95. The molecule has 0 aliphatic rings. The van der Waals surface area contributed by atoms with Gasteiger partial charge in [0.1, 0.15) is 0 Å². The number of allylic oxidation sites excluding steroid dienone is 1. The SMILES string of the molecule is C=CCCCC(NC)C(OCC)C(C)C. The van der Waals surface area contributed by atoms with E-state index in [0.29, 0.717) is 18.1 Å². The van der Waals surface area contributed by atoms with Crippen molar-refractivity contribution in [2.45, 2.75) is 52.2 Å². The fraction of sp³-hybridized carbons (Fsp3) is 0.846. The summed E-state index contributed by atoms with van der Waals surface area (Å²) in [6.07, 6.45) is 5.74. The third-order valence-corrected chi connectivity index (χ3v) is 2.71. The second-order valence-electron chi connectivity index (χ2n) is 4.28. The summed E-state index contributed by atoms with van der Waals surface area (Å²) in [4.78, 5) is 0. The van der Waals surface area contributed by atoms with Crippen molar-refractivity contribution < 1.29 is 4.74 Å². The first-order chi connectivity index (χ1) is 7.17. The van der Waals surface area contributed by atoms with Crippen molar-refractivity contribution in [2.24, 2.45) is 5.92 Å². The number of rotatable bonds is 9. The minimum absolute atomic E-state index is 0.324. The molecule has 90 valence electrons. The summed E-state index contributed by atoms with van der Waals surface area (Å²) in [7, 11) is 2.02. The van der Waals surface area contributed by atoms with Crippen LogP contribution in [0.4, 0.5) is 0 Å². The zero-order valence-electron chi connectivity index (χ0n) is 10.8. The van der Waals surface area contributed by atoms with E-state index < -0.39 is 0 Å². The van der Waals surface area contributed by atoms with Crippen LogP contribution in [-0.2, 0) is 4.74 Å². The first kappa shape index (κ1) is 14.7. The van der Waals surface area contributed by atoms with Crippen LogP contribution >= 0.6 is 0 Å². The lowest BCUT2D eigenvalue weighted by Crippen LogP contribution is -2.42. The molecule has 2 unspecified atom stereocenters. The molecule has 0 aromatic rings. The van der Waals surface area contributed by atoms with E-state index in [2.05, 4.69) is 32.7 Å². The van der Waals surface area contributed by atoms with Crippen molar-refractivity contribution >= 4 is 0 Å². The highest BCUT2D eigenvalue weighted by Crippen LogP contribution is 2.15. The van der Waals surface area contributed by atoms with Gasteiger partial charge in [-0.25, -0.2) is 0 Å². The van der Waals surface area contributed by atoms with E-state index in [4.69, 9.17) is 4.74 Å². The van der Waals surface area contributed by atoms with Crippen LogP contribution in [0.2, 0.25) is 0 Å². The largest absolute Gasteiger partial charge is 0.377 e. The third-order valence-electron chi connectivity index (χ3n) is 2.71. The van der Waals surface area contributed by atoms with E-state index >= 15 is 0 Å². The van der Waals surface area contributed by atoms with Crippen molar-refractivity contribution in [3.8, 4) is 0 Å². The van der Waals surface area contributed by atoms with Gasteiger partial charge in [0.25, 0.3) is 0 Å². The van der Waals surface area contributed by atoms with Crippen LogP contribution in [-0.4, -0.2) is 25.8 Å². The smallest absolute Gasteiger partial charge is 0.0750 e. The molecule has 15 heavy (non-hydrogen) atoms. The molecule has 0 amide bonds. The highest BCUT2D eigenvalue weighted by Gasteiger charge is 2.22. The van der Waals surface area contributed by atoms with Crippen molar-refractivity contribution in [3.05, 3.63) is 12.7 Å². The highest BCUT2D eigenvalue weighted by molar-refractivity contribution is 4.79. The zero-order chi connectivity index (χ0) is 11.7. The lowest BCUT2D eigenvalue weighted by molar-refractivity contribution is 0.00291. The summed E-state index contributed by atoms with van der Waals surface area (Å²) < 4.78 is 5.80. The summed E-state index contributed by atoms with van der Waals surface area (Å²) in [5.74, 6) is 0.561. The summed E-state index contributed by atoms with van der Waals surface area (Å²) in [5, 5.41) is 3.37. The molecule has 2 heteroatoms. The third kappa shape index (κ3) is 5.95. The predicted molar refractivity (Wildman–Crippen MR) is 67.1 cm³/mol. The zero-order valence-corrected chi connectivity index (χ0v) is 10.8. The number of hydrogen-bond acceptors (Lipinski definition) is 2. The average Bonchev–Trinajstić information content (AvgIpc) is 2.22. The van der Waals surface area contributed by atoms with Gasteiger partial charge in [0.2, 0.25) is 0 Å². The van der Waals surface area contributed by atoms with Crippen molar-refractivity contribution in [2.75, 3.05) is 13.7 Å². The number of unbranched alkanes of at least 4 members (excludes halogenated alkanes) is 1. The molecule has 0 spiro atoms. The summed E-state index contributed by atoms with van der Waals surface area (Å²) in [6, 6.07) is 0.463. The minimum Gasteiger partial charge on any atom is -0.377 e. The molecule has 0 saturated carbocycles. The number of nitrogens with one attached hydrogen (secondary N) is 1. The minimum atomic E-state index is 0.324. The maximum atomic E-state index is 5.80. The van der Waals surface area contributed by atoms with Crippen LogP contribution in [0.5, 0.6) is 0 Å². The maximum absolute atomic E-state index is 5.80. The first-order valence-corrected chi connectivity index (χ1v) is 6.07. The molecule has 2 nitrogen and oxygen atoms in total. The molecule has 0 rings (SSSR count). The molecule has 0 fully saturated rings. The molecular weight excluding hydrogens is 186 g/mol. The van der Waals surface area contributed by atoms with Gasteiger partial charge in [0, 0.05) is 12.6 Å². The van der Waals surface area contributed by atoms with Gasteiger partial charge < -0.3 is 10.1 Å². The Morgan fingerprint density at radius 2 is 2.07 bits per heavy atom. The molecule has 0 aromatic heterocycles.